The van der Waals surface area contributed by atoms with E-state index in [1.165, 1.54) is 15.9 Å². The van der Waals surface area contributed by atoms with Crippen molar-refractivity contribution in [3.8, 4) is 11.8 Å². The van der Waals surface area contributed by atoms with Crippen molar-refractivity contribution in [3.63, 3.8) is 0 Å². The van der Waals surface area contributed by atoms with Crippen molar-refractivity contribution in [2.45, 2.75) is 51.8 Å². The lowest BCUT2D eigenvalue weighted by molar-refractivity contribution is -0.156. The number of nitrogens with one attached hydrogen (secondary N) is 1. The summed E-state index contributed by atoms with van der Waals surface area (Å²) in [4.78, 5) is 66.6. The fourth-order valence-corrected chi connectivity index (χ4v) is 4.24. The third kappa shape index (κ3) is 8.41. The second-order valence-corrected chi connectivity index (χ2v) is 10.7. The highest BCUT2D eigenvalue weighted by atomic mass is 16.6. The SMILES string of the molecule is CCOC(=O)CC(c1ccccc1)N1CC(=O)N(C)c2ccc(C#CC(=O)NCC(N)C(=O)OC(C)(C)C)cc2C1=O. The van der Waals surface area contributed by atoms with Crippen LogP contribution in [-0.4, -0.2) is 72.9 Å². The molecule has 2 aromatic carbocycles. The van der Waals surface area contributed by atoms with Crippen LogP contribution < -0.4 is 16.0 Å². The van der Waals surface area contributed by atoms with E-state index in [-0.39, 0.29) is 37.6 Å². The van der Waals surface area contributed by atoms with Crippen LogP contribution in [0.25, 0.3) is 0 Å². The van der Waals surface area contributed by atoms with Crippen LogP contribution in [0.3, 0.4) is 0 Å². The molecule has 42 heavy (non-hydrogen) atoms. The van der Waals surface area contributed by atoms with Crippen molar-refractivity contribution in [1.82, 2.24) is 10.2 Å². The summed E-state index contributed by atoms with van der Waals surface area (Å²) in [5.74, 6) is 2.49. The van der Waals surface area contributed by atoms with Crippen LogP contribution in [0.15, 0.2) is 48.5 Å². The van der Waals surface area contributed by atoms with E-state index in [9.17, 15) is 24.0 Å². The molecule has 3 N–H and O–H groups in total. The molecule has 0 bridgehead atoms. The molecule has 2 aromatic rings. The van der Waals surface area contributed by atoms with E-state index >= 15 is 0 Å². The molecule has 0 aliphatic carbocycles. The van der Waals surface area contributed by atoms with Gasteiger partial charge < -0.3 is 30.3 Å². The number of nitrogens with two attached hydrogens (primary N) is 1. The molecular weight excluding hydrogens is 540 g/mol. The Morgan fingerprint density at radius 1 is 1.10 bits per heavy atom. The topological polar surface area (TPSA) is 148 Å². The van der Waals surface area contributed by atoms with Gasteiger partial charge in [-0.1, -0.05) is 36.3 Å². The number of hydrogen-bond acceptors (Lipinski definition) is 8. The molecule has 1 aliphatic rings. The van der Waals surface area contributed by atoms with Gasteiger partial charge in [0.15, 0.2) is 0 Å². The molecule has 0 saturated heterocycles. The Kier molecular flexibility index (Phi) is 10.4. The lowest BCUT2D eigenvalue weighted by atomic mass is 10.00. The van der Waals surface area contributed by atoms with Gasteiger partial charge in [0.1, 0.15) is 18.2 Å². The Hall–Kier alpha value is -4.69. The fraction of sp³-hybridized carbons (Fsp3) is 0.387. The van der Waals surface area contributed by atoms with Crippen molar-refractivity contribution in [1.29, 1.82) is 0 Å². The number of anilines is 1. The average Bonchev–Trinajstić information content (AvgIpc) is 3.03. The van der Waals surface area contributed by atoms with Gasteiger partial charge >= 0.3 is 11.9 Å². The molecule has 3 rings (SSSR count). The maximum absolute atomic E-state index is 13.9. The molecule has 1 aliphatic heterocycles. The van der Waals surface area contributed by atoms with Gasteiger partial charge in [-0.2, -0.15) is 0 Å². The molecule has 1 heterocycles. The lowest BCUT2D eigenvalue weighted by Crippen LogP contribution is -2.45. The van der Waals surface area contributed by atoms with Crippen LogP contribution in [0.1, 0.15) is 61.6 Å². The molecule has 3 amide bonds. The molecule has 0 fully saturated rings. The summed E-state index contributed by atoms with van der Waals surface area (Å²) in [7, 11) is 1.56. The van der Waals surface area contributed by atoms with E-state index in [1.807, 2.05) is 6.07 Å². The highest BCUT2D eigenvalue weighted by Crippen LogP contribution is 2.32. The van der Waals surface area contributed by atoms with E-state index in [0.717, 1.165) is 0 Å². The lowest BCUT2D eigenvalue weighted by Gasteiger charge is -2.30. The van der Waals surface area contributed by atoms with Crippen LogP contribution in [0.4, 0.5) is 5.69 Å². The van der Waals surface area contributed by atoms with Crippen LogP contribution in [-0.2, 0) is 28.7 Å². The van der Waals surface area contributed by atoms with E-state index in [2.05, 4.69) is 17.2 Å². The average molecular weight is 577 g/mol. The maximum atomic E-state index is 13.9. The Balaban J connectivity index is 1.86. The number of likely N-dealkylation sites (N-methyl/N-ethyl adjacent to an activating group) is 1. The first-order valence-electron chi connectivity index (χ1n) is 13.5. The summed E-state index contributed by atoms with van der Waals surface area (Å²) in [6.45, 7) is 6.58. The van der Waals surface area contributed by atoms with Crippen molar-refractivity contribution in [2.24, 2.45) is 5.73 Å². The molecule has 2 unspecified atom stereocenters. The summed E-state index contributed by atoms with van der Waals surface area (Å²) >= 11 is 0. The van der Waals surface area contributed by atoms with E-state index in [1.54, 1.807) is 71.1 Å². The highest BCUT2D eigenvalue weighted by Gasteiger charge is 2.36. The Bertz CT molecular complexity index is 1410. The molecule has 11 nitrogen and oxygen atoms in total. The Morgan fingerprint density at radius 3 is 2.43 bits per heavy atom. The maximum Gasteiger partial charge on any atom is 0.325 e. The first-order valence-corrected chi connectivity index (χ1v) is 13.5. The molecular formula is C31H36N4O7. The third-order valence-corrected chi connectivity index (χ3v) is 6.27. The van der Waals surface area contributed by atoms with Crippen LogP contribution in [0.5, 0.6) is 0 Å². The Morgan fingerprint density at radius 2 is 1.79 bits per heavy atom. The van der Waals surface area contributed by atoms with Crippen LogP contribution in [0, 0.1) is 11.8 Å². The smallest absolute Gasteiger partial charge is 0.325 e. The number of fused-ring (bicyclic) bond motifs is 1. The Labute approximate surface area is 245 Å². The minimum atomic E-state index is -1.06. The van der Waals surface area contributed by atoms with E-state index < -0.39 is 41.4 Å². The quantitative estimate of drug-likeness (QED) is 0.358. The summed E-state index contributed by atoms with van der Waals surface area (Å²) in [6, 6.07) is 11.8. The summed E-state index contributed by atoms with van der Waals surface area (Å²) < 4.78 is 10.3. The number of hydrogen-bond donors (Lipinski definition) is 2. The van der Waals surface area contributed by atoms with Gasteiger partial charge in [-0.15, -0.1) is 0 Å². The monoisotopic (exact) mass is 576 g/mol. The van der Waals surface area contributed by atoms with Gasteiger partial charge in [-0.05, 0) is 51.5 Å². The van der Waals surface area contributed by atoms with Gasteiger partial charge in [0, 0.05) is 25.1 Å². The molecule has 2 atom stereocenters. The van der Waals surface area contributed by atoms with Gasteiger partial charge in [0.2, 0.25) is 5.91 Å². The number of amides is 3. The summed E-state index contributed by atoms with van der Waals surface area (Å²) in [6.07, 6.45) is -0.138. The van der Waals surface area contributed by atoms with Crippen molar-refractivity contribution in [3.05, 3.63) is 65.2 Å². The van der Waals surface area contributed by atoms with E-state index in [4.69, 9.17) is 15.2 Å². The number of carbonyl (C=O) groups is 5. The van der Waals surface area contributed by atoms with Crippen LogP contribution >= 0.6 is 0 Å². The minimum absolute atomic E-state index is 0.138. The highest BCUT2D eigenvalue weighted by molar-refractivity contribution is 6.10. The molecule has 222 valence electrons. The molecule has 0 saturated carbocycles. The zero-order valence-corrected chi connectivity index (χ0v) is 24.4. The van der Waals surface area contributed by atoms with Gasteiger partial charge in [0.25, 0.3) is 11.8 Å². The number of benzene rings is 2. The molecule has 11 heteroatoms. The zero-order valence-electron chi connectivity index (χ0n) is 24.4. The minimum Gasteiger partial charge on any atom is -0.466 e. The fourth-order valence-electron chi connectivity index (χ4n) is 4.24. The number of rotatable bonds is 8. The molecule has 0 radical (unpaired) electrons. The largest absolute Gasteiger partial charge is 0.466 e. The normalized spacial score (nSPS) is 14.5. The third-order valence-electron chi connectivity index (χ3n) is 6.27. The van der Waals surface area contributed by atoms with Crippen LogP contribution in [0.2, 0.25) is 0 Å². The van der Waals surface area contributed by atoms with Crippen molar-refractivity contribution >= 4 is 35.3 Å². The number of esters is 2. The van der Waals surface area contributed by atoms with E-state index in [0.29, 0.717) is 16.8 Å². The standard InChI is InChI=1S/C31H36N4O7/c1-6-41-28(38)17-25(21-10-8-7-9-11-21)35-19-27(37)34(5)24-14-12-20(16-22(24)29(35)39)13-15-26(36)33-18-23(32)30(40)42-31(2,3)4/h7-12,14,16,23,25H,6,17-19,32H2,1-5H3,(H,33,36). The number of nitrogens with zero attached hydrogens (tertiary/aromatic N) is 2. The van der Waals surface area contributed by atoms with Crippen molar-refractivity contribution in [2.75, 3.05) is 31.6 Å². The predicted octanol–water partition coefficient (Wildman–Crippen LogP) is 1.94. The molecule has 0 aromatic heterocycles. The summed E-state index contributed by atoms with van der Waals surface area (Å²) in [5, 5.41) is 2.47. The second kappa shape index (κ2) is 13.8. The second-order valence-electron chi connectivity index (χ2n) is 10.7. The number of ether oxygens (including phenoxy) is 2. The zero-order chi connectivity index (χ0) is 31.0. The number of carbonyl (C=O) groups excluding carboxylic acids is 5. The summed E-state index contributed by atoms with van der Waals surface area (Å²) in [5.41, 5.74) is 6.66. The van der Waals surface area contributed by atoms with Gasteiger partial charge in [-0.25, -0.2) is 0 Å². The van der Waals surface area contributed by atoms with Gasteiger partial charge in [-0.3, -0.25) is 24.0 Å². The van der Waals surface area contributed by atoms with Gasteiger partial charge in [0.05, 0.1) is 30.3 Å². The molecule has 0 spiro atoms. The van der Waals surface area contributed by atoms with Crippen molar-refractivity contribution < 1.29 is 33.4 Å². The first-order chi connectivity index (χ1) is 19.8. The predicted molar refractivity (Wildman–Crippen MR) is 155 cm³/mol. The first kappa shape index (κ1) is 31.8.